The molecular weight excluding hydrogens is 223 g/mol. The molecule has 0 aromatic heterocycles. The van der Waals surface area contributed by atoms with Crippen molar-refractivity contribution in [2.24, 2.45) is 0 Å². The van der Waals surface area contributed by atoms with Crippen LogP contribution in [-0.2, 0) is 4.79 Å². The van der Waals surface area contributed by atoms with E-state index in [-0.39, 0.29) is 11.3 Å². The molecule has 0 fully saturated rings. The summed E-state index contributed by atoms with van der Waals surface area (Å²) in [6, 6.07) is 3.30. The first-order valence-electron chi connectivity index (χ1n) is 4.03. The third-order valence-electron chi connectivity index (χ3n) is 1.52. The van der Waals surface area contributed by atoms with Crippen LogP contribution in [0.3, 0.4) is 0 Å². The molecule has 6 heteroatoms. The van der Waals surface area contributed by atoms with Gasteiger partial charge >= 0.3 is 6.36 Å². The van der Waals surface area contributed by atoms with Gasteiger partial charge in [0.15, 0.2) is 6.29 Å². The number of benzene rings is 1. The first-order chi connectivity index (χ1) is 7.42. The number of anilines is 1. The summed E-state index contributed by atoms with van der Waals surface area (Å²) < 4.78 is 39.3. The molecule has 1 aromatic rings. The van der Waals surface area contributed by atoms with Gasteiger partial charge in [0.1, 0.15) is 5.75 Å². The molecule has 0 spiro atoms. The van der Waals surface area contributed by atoms with E-state index in [1.807, 2.05) is 5.92 Å². The lowest BCUT2D eigenvalue weighted by Gasteiger charge is -2.09. The summed E-state index contributed by atoms with van der Waals surface area (Å²) >= 11 is 0. The van der Waals surface area contributed by atoms with Crippen molar-refractivity contribution < 1.29 is 22.7 Å². The van der Waals surface area contributed by atoms with Crippen molar-refractivity contribution in [2.45, 2.75) is 6.36 Å². The first-order valence-corrected chi connectivity index (χ1v) is 4.03. The molecule has 0 aliphatic rings. The van der Waals surface area contributed by atoms with Crippen LogP contribution in [0.1, 0.15) is 5.56 Å². The molecule has 0 bridgehead atoms. The number of rotatable bonds is 1. The summed E-state index contributed by atoms with van der Waals surface area (Å²) in [4.78, 5) is 9.98. The van der Waals surface area contributed by atoms with E-state index >= 15 is 0 Å². The van der Waals surface area contributed by atoms with E-state index in [9.17, 15) is 18.0 Å². The number of hydrogen-bond donors (Lipinski definition) is 1. The van der Waals surface area contributed by atoms with Gasteiger partial charge in [-0.2, -0.15) is 0 Å². The van der Waals surface area contributed by atoms with Crippen molar-refractivity contribution in [2.75, 3.05) is 5.73 Å². The summed E-state index contributed by atoms with van der Waals surface area (Å²) in [6.45, 7) is 0. The average molecular weight is 229 g/mol. The molecule has 0 aliphatic carbocycles. The minimum atomic E-state index is -4.77. The van der Waals surface area contributed by atoms with Crippen LogP contribution in [0.2, 0.25) is 0 Å². The van der Waals surface area contributed by atoms with Gasteiger partial charge in [-0.1, -0.05) is 5.92 Å². The maximum atomic E-state index is 11.9. The Labute approximate surface area is 89.0 Å². The van der Waals surface area contributed by atoms with Gasteiger partial charge < -0.3 is 10.5 Å². The lowest BCUT2D eigenvalue weighted by molar-refractivity contribution is -0.274. The Balaban J connectivity index is 3.02. The maximum absolute atomic E-state index is 11.9. The highest BCUT2D eigenvalue weighted by atomic mass is 19.4. The summed E-state index contributed by atoms with van der Waals surface area (Å²) in [7, 11) is 0. The Kier molecular flexibility index (Phi) is 3.40. The number of aldehydes is 1. The van der Waals surface area contributed by atoms with E-state index in [1.165, 1.54) is 6.07 Å². The topological polar surface area (TPSA) is 52.3 Å². The maximum Gasteiger partial charge on any atom is 0.573 e. The van der Waals surface area contributed by atoms with Crippen LogP contribution >= 0.6 is 0 Å². The fourth-order valence-corrected chi connectivity index (χ4v) is 0.948. The number of halogens is 3. The minimum Gasteiger partial charge on any atom is -0.406 e. The van der Waals surface area contributed by atoms with Crippen LogP contribution in [0.4, 0.5) is 18.9 Å². The highest BCUT2D eigenvalue weighted by molar-refractivity contribution is 5.75. The standard InChI is InChI=1S/C10H6F3NO2/c11-10(12,13)16-8-3-4-9(14)7(6-8)2-1-5-15/h3-6H,14H2. The third-order valence-corrected chi connectivity index (χ3v) is 1.52. The second-order valence-corrected chi connectivity index (χ2v) is 2.68. The number of hydrogen-bond acceptors (Lipinski definition) is 3. The van der Waals surface area contributed by atoms with Crippen molar-refractivity contribution >= 4 is 12.0 Å². The van der Waals surface area contributed by atoms with Gasteiger partial charge in [-0.15, -0.1) is 13.2 Å². The van der Waals surface area contributed by atoms with Gasteiger partial charge in [-0.25, -0.2) is 0 Å². The molecular formula is C10H6F3NO2. The van der Waals surface area contributed by atoms with Crippen LogP contribution in [0, 0.1) is 11.8 Å². The molecule has 3 nitrogen and oxygen atoms in total. The number of nitrogen functional groups attached to an aromatic ring is 1. The molecule has 1 rings (SSSR count). The molecule has 2 N–H and O–H groups in total. The molecule has 0 unspecified atom stereocenters. The SMILES string of the molecule is Nc1ccc(OC(F)(F)F)cc1C#CC=O. The predicted molar refractivity (Wildman–Crippen MR) is 50.5 cm³/mol. The lowest BCUT2D eigenvalue weighted by atomic mass is 10.2. The van der Waals surface area contributed by atoms with E-state index in [0.29, 0.717) is 6.29 Å². The van der Waals surface area contributed by atoms with Crippen molar-refractivity contribution in [3.05, 3.63) is 23.8 Å². The minimum absolute atomic E-state index is 0.105. The number of alkyl halides is 3. The molecule has 84 valence electrons. The Morgan fingerprint density at radius 1 is 1.38 bits per heavy atom. The fourth-order valence-electron chi connectivity index (χ4n) is 0.948. The van der Waals surface area contributed by atoms with Crippen LogP contribution in [0.25, 0.3) is 0 Å². The fraction of sp³-hybridized carbons (Fsp3) is 0.100. The Hall–Kier alpha value is -2.16. The van der Waals surface area contributed by atoms with E-state index < -0.39 is 12.1 Å². The third kappa shape index (κ3) is 3.53. The number of nitrogens with two attached hydrogens (primary N) is 1. The molecule has 0 aliphatic heterocycles. The molecule has 0 saturated heterocycles. The van der Waals surface area contributed by atoms with Crippen LogP contribution in [0.15, 0.2) is 18.2 Å². The van der Waals surface area contributed by atoms with Crippen molar-refractivity contribution in [3.63, 3.8) is 0 Å². The summed E-state index contributed by atoms with van der Waals surface area (Å²) in [5.41, 5.74) is 5.71. The summed E-state index contributed by atoms with van der Waals surface area (Å²) in [6.07, 6.45) is -4.46. The predicted octanol–water partition coefficient (Wildman–Crippen LogP) is 1.72. The zero-order valence-electron chi connectivity index (χ0n) is 7.84. The second-order valence-electron chi connectivity index (χ2n) is 2.68. The summed E-state index contributed by atoms with van der Waals surface area (Å²) in [5.74, 6) is 3.91. The molecule has 0 saturated carbocycles. The first kappa shape index (κ1) is 11.9. The zero-order chi connectivity index (χ0) is 12.2. The van der Waals surface area contributed by atoms with Crippen LogP contribution < -0.4 is 10.5 Å². The molecule has 0 heterocycles. The highest BCUT2D eigenvalue weighted by Gasteiger charge is 2.31. The van der Waals surface area contributed by atoms with Crippen LogP contribution in [0.5, 0.6) is 5.75 Å². The van der Waals surface area contributed by atoms with Gasteiger partial charge in [-0.3, -0.25) is 4.79 Å². The van der Waals surface area contributed by atoms with E-state index in [0.717, 1.165) is 12.1 Å². The normalized spacial score (nSPS) is 10.2. The van der Waals surface area contributed by atoms with Gasteiger partial charge in [0.25, 0.3) is 0 Å². The van der Waals surface area contributed by atoms with Gasteiger partial charge in [0.05, 0.1) is 5.56 Å². The average Bonchev–Trinajstić information content (AvgIpc) is 2.17. The quantitative estimate of drug-likeness (QED) is 0.453. The molecule has 16 heavy (non-hydrogen) atoms. The lowest BCUT2D eigenvalue weighted by Crippen LogP contribution is -2.17. The molecule has 0 radical (unpaired) electrons. The van der Waals surface area contributed by atoms with Gasteiger partial charge in [0, 0.05) is 5.69 Å². The van der Waals surface area contributed by atoms with E-state index in [4.69, 9.17) is 5.73 Å². The molecule has 0 atom stereocenters. The highest BCUT2D eigenvalue weighted by Crippen LogP contribution is 2.25. The number of ether oxygens (including phenoxy) is 1. The van der Waals surface area contributed by atoms with E-state index in [2.05, 4.69) is 10.7 Å². The Morgan fingerprint density at radius 3 is 2.62 bits per heavy atom. The van der Waals surface area contributed by atoms with Crippen molar-refractivity contribution in [3.8, 4) is 17.6 Å². The van der Waals surface area contributed by atoms with Crippen molar-refractivity contribution in [1.82, 2.24) is 0 Å². The van der Waals surface area contributed by atoms with Crippen molar-refractivity contribution in [1.29, 1.82) is 0 Å². The summed E-state index contributed by atoms with van der Waals surface area (Å²) in [5, 5.41) is 0. The second kappa shape index (κ2) is 4.57. The molecule has 0 amide bonds. The zero-order valence-corrected chi connectivity index (χ0v) is 7.84. The van der Waals surface area contributed by atoms with Crippen LogP contribution in [-0.4, -0.2) is 12.6 Å². The smallest absolute Gasteiger partial charge is 0.406 e. The van der Waals surface area contributed by atoms with Gasteiger partial charge in [-0.05, 0) is 24.1 Å². The van der Waals surface area contributed by atoms with E-state index in [1.54, 1.807) is 0 Å². The number of carbonyl (C=O) groups is 1. The monoisotopic (exact) mass is 229 g/mol. The Morgan fingerprint density at radius 2 is 2.06 bits per heavy atom. The number of carbonyl (C=O) groups excluding carboxylic acids is 1. The van der Waals surface area contributed by atoms with Gasteiger partial charge in [0.2, 0.25) is 0 Å². The Bertz CT molecular complexity index is 457. The largest absolute Gasteiger partial charge is 0.573 e. The molecule has 1 aromatic carbocycles.